The Bertz CT molecular complexity index is 319. The van der Waals surface area contributed by atoms with Gasteiger partial charge < -0.3 is 4.90 Å². The second-order valence-electron chi connectivity index (χ2n) is 3.59. The summed E-state index contributed by atoms with van der Waals surface area (Å²) in [5.74, 6) is 0.939. The lowest BCUT2D eigenvalue weighted by Crippen LogP contribution is -2.30. The highest BCUT2D eigenvalue weighted by Crippen LogP contribution is 2.17. The Balaban J connectivity index is 2.17. The summed E-state index contributed by atoms with van der Waals surface area (Å²) in [6.45, 7) is 2.13. The normalized spacial score (nSPS) is 16.7. The molecule has 1 aromatic rings. The van der Waals surface area contributed by atoms with Gasteiger partial charge in [-0.2, -0.15) is 0 Å². The summed E-state index contributed by atoms with van der Waals surface area (Å²) in [7, 11) is 0. The fourth-order valence-electron chi connectivity index (χ4n) is 1.80. The topological polar surface area (TPSA) is 33.2 Å². The van der Waals surface area contributed by atoms with E-state index in [-0.39, 0.29) is 0 Å². The third kappa shape index (κ3) is 1.92. The molecular formula is C11H14N2O. The molecular weight excluding hydrogens is 176 g/mol. The van der Waals surface area contributed by atoms with Crippen molar-refractivity contribution in [3.63, 3.8) is 0 Å². The number of rotatable bonds is 2. The second kappa shape index (κ2) is 4.22. The number of anilines is 1. The van der Waals surface area contributed by atoms with Gasteiger partial charge >= 0.3 is 0 Å². The van der Waals surface area contributed by atoms with E-state index in [1.165, 1.54) is 19.3 Å². The largest absolute Gasteiger partial charge is 0.357 e. The van der Waals surface area contributed by atoms with Gasteiger partial charge in [-0.25, -0.2) is 4.98 Å². The van der Waals surface area contributed by atoms with Crippen molar-refractivity contribution in [1.82, 2.24) is 4.98 Å². The first-order valence-electron chi connectivity index (χ1n) is 5.07. The number of aldehydes is 1. The lowest BCUT2D eigenvalue weighted by atomic mass is 10.1. The van der Waals surface area contributed by atoms with E-state index in [1.54, 1.807) is 6.07 Å². The standard InChI is InChI=1S/C11H14N2O/c14-9-10-5-4-6-11(12-10)13-7-2-1-3-8-13/h4-6,9H,1-3,7-8H2. The first-order valence-corrected chi connectivity index (χ1v) is 5.07. The zero-order valence-corrected chi connectivity index (χ0v) is 8.15. The van der Waals surface area contributed by atoms with E-state index in [0.29, 0.717) is 5.69 Å². The maximum Gasteiger partial charge on any atom is 0.168 e. The van der Waals surface area contributed by atoms with Crippen molar-refractivity contribution in [2.75, 3.05) is 18.0 Å². The number of carbonyl (C=O) groups excluding carboxylic acids is 1. The van der Waals surface area contributed by atoms with Gasteiger partial charge in [-0.15, -0.1) is 0 Å². The van der Waals surface area contributed by atoms with E-state index in [2.05, 4.69) is 9.88 Å². The van der Waals surface area contributed by atoms with Gasteiger partial charge in [0.15, 0.2) is 6.29 Å². The van der Waals surface area contributed by atoms with E-state index in [0.717, 1.165) is 25.2 Å². The Hall–Kier alpha value is -1.38. The molecule has 74 valence electrons. The van der Waals surface area contributed by atoms with Crippen LogP contribution in [-0.4, -0.2) is 24.4 Å². The zero-order chi connectivity index (χ0) is 9.80. The van der Waals surface area contributed by atoms with Gasteiger partial charge in [0.05, 0.1) is 0 Å². The molecule has 0 amide bonds. The molecule has 0 radical (unpaired) electrons. The number of hydrogen-bond donors (Lipinski definition) is 0. The maximum absolute atomic E-state index is 10.6. The first-order chi connectivity index (χ1) is 6.90. The second-order valence-corrected chi connectivity index (χ2v) is 3.59. The summed E-state index contributed by atoms with van der Waals surface area (Å²) >= 11 is 0. The molecule has 3 nitrogen and oxygen atoms in total. The molecule has 2 heterocycles. The van der Waals surface area contributed by atoms with Crippen LogP contribution in [0.4, 0.5) is 5.82 Å². The summed E-state index contributed by atoms with van der Waals surface area (Å²) in [6.07, 6.45) is 4.57. The van der Waals surface area contributed by atoms with Gasteiger partial charge in [0.1, 0.15) is 11.5 Å². The first kappa shape index (κ1) is 9.19. The molecule has 1 aliphatic rings. The van der Waals surface area contributed by atoms with Gasteiger partial charge in [0, 0.05) is 13.1 Å². The minimum atomic E-state index is 0.521. The maximum atomic E-state index is 10.6. The molecule has 1 aliphatic heterocycles. The Kier molecular flexibility index (Phi) is 2.77. The Morgan fingerprint density at radius 1 is 1.21 bits per heavy atom. The van der Waals surface area contributed by atoms with Crippen molar-refractivity contribution in [1.29, 1.82) is 0 Å². The number of hydrogen-bond acceptors (Lipinski definition) is 3. The average molecular weight is 190 g/mol. The molecule has 0 saturated carbocycles. The molecule has 0 bridgehead atoms. The highest BCUT2D eigenvalue weighted by Gasteiger charge is 2.11. The van der Waals surface area contributed by atoms with E-state index in [1.807, 2.05) is 12.1 Å². The molecule has 0 spiro atoms. The van der Waals surface area contributed by atoms with Crippen LogP contribution in [0.3, 0.4) is 0 Å². The smallest absolute Gasteiger partial charge is 0.168 e. The van der Waals surface area contributed by atoms with Crippen LogP contribution in [0, 0.1) is 0 Å². The van der Waals surface area contributed by atoms with Crippen LogP contribution in [0.2, 0.25) is 0 Å². The SMILES string of the molecule is O=Cc1cccc(N2CCCCC2)n1. The minimum Gasteiger partial charge on any atom is -0.357 e. The predicted molar refractivity (Wildman–Crippen MR) is 55.7 cm³/mol. The predicted octanol–water partition coefficient (Wildman–Crippen LogP) is 1.88. The minimum absolute atomic E-state index is 0.521. The van der Waals surface area contributed by atoms with Gasteiger partial charge in [-0.3, -0.25) is 4.79 Å². The summed E-state index contributed by atoms with van der Waals surface area (Å²) < 4.78 is 0. The van der Waals surface area contributed by atoms with Crippen LogP contribution in [0.25, 0.3) is 0 Å². The van der Waals surface area contributed by atoms with Crippen molar-refractivity contribution in [2.24, 2.45) is 0 Å². The van der Waals surface area contributed by atoms with Gasteiger partial charge in [0.25, 0.3) is 0 Å². The summed E-state index contributed by atoms with van der Waals surface area (Å²) in [4.78, 5) is 17.1. The number of piperidine rings is 1. The van der Waals surface area contributed by atoms with Crippen molar-refractivity contribution in [3.05, 3.63) is 23.9 Å². The highest BCUT2D eigenvalue weighted by atomic mass is 16.1. The van der Waals surface area contributed by atoms with Crippen LogP contribution in [-0.2, 0) is 0 Å². The van der Waals surface area contributed by atoms with Gasteiger partial charge in [-0.1, -0.05) is 6.07 Å². The Labute approximate surface area is 83.8 Å². The molecule has 0 atom stereocenters. The van der Waals surface area contributed by atoms with Gasteiger partial charge in [0.2, 0.25) is 0 Å². The van der Waals surface area contributed by atoms with E-state index in [4.69, 9.17) is 0 Å². The highest BCUT2D eigenvalue weighted by molar-refractivity contribution is 5.72. The van der Waals surface area contributed by atoms with E-state index < -0.39 is 0 Å². The van der Waals surface area contributed by atoms with Crippen LogP contribution < -0.4 is 4.90 Å². The van der Waals surface area contributed by atoms with Gasteiger partial charge in [-0.05, 0) is 31.4 Å². The Morgan fingerprint density at radius 3 is 2.71 bits per heavy atom. The molecule has 2 rings (SSSR count). The molecule has 1 saturated heterocycles. The molecule has 0 unspecified atom stereocenters. The number of nitrogens with zero attached hydrogens (tertiary/aromatic N) is 2. The number of aromatic nitrogens is 1. The summed E-state index contributed by atoms with van der Waals surface area (Å²) in [6, 6.07) is 5.60. The fraction of sp³-hybridized carbons (Fsp3) is 0.455. The lowest BCUT2D eigenvalue weighted by Gasteiger charge is -2.27. The van der Waals surface area contributed by atoms with Crippen molar-refractivity contribution < 1.29 is 4.79 Å². The van der Waals surface area contributed by atoms with E-state index in [9.17, 15) is 4.79 Å². The van der Waals surface area contributed by atoms with Crippen molar-refractivity contribution in [3.8, 4) is 0 Å². The molecule has 0 aliphatic carbocycles. The number of pyridine rings is 1. The monoisotopic (exact) mass is 190 g/mol. The summed E-state index contributed by atoms with van der Waals surface area (Å²) in [5.41, 5.74) is 0.521. The molecule has 14 heavy (non-hydrogen) atoms. The van der Waals surface area contributed by atoms with Crippen molar-refractivity contribution in [2.45, 2.75) is 19.3 Å². The molecule has 0 aromatic carbocycles. The number of carbonyl (C=O) groups is 1. The third-order valence-electron chi connectivity index (χ3n) is 2.56. The summed E-state index contributed by atoms with van der Waals surface area (Å²) in [5, 5.41) is 0. The van der Waals surface area contributed by atoms with Crippen LogP contribution in [0.5, 0.6) is 0 Å². The van der Waals surface area contributed by atoms with E-state index >= 15 is 0 Å². The van der Waals surface area contributed by atoms with Crippen molar-refractivity contribution >= 4 is 12.1 Å². The Morgan fingerprint density at radius 2 is 2.00 bits per heavy atom. The molecule has 0 N–H and O–H groups in total. The zero-order valence-electron chi connectivity index (χ0n) is 8.15. The van der Waals surface area contributed by atoms with Crippen LogP contribution >= 0.6 is 0 Å². The fourth-order valence-corrected chi connectivity index (χ4v) is 1.80. The molecule has 3 heteroatoms. The quantitative estimate of drug-likeness (QED) is 0.668. The van der Waals surface area contributed by atoms with Crippen LogP contribution in [0.1, 0.15) is 29.8 Å². The lowest BCUT2D eigenvalue weighted by molar-refractivity contribution is 0.111. The third-order valence-corrected chi connectivity index (χ3v) is 2.56. The molecule has 1 aromatic heterocycles. The average Bonchev–Trinajstić information content (AvgIpc) is 2.30. The van der Waals surface area contributed by atoms with Crippen LogP contribution in [0.15, 0.2) is 18.2 Å². The molecule has 1 fully saturated rings.